The molecule has 0 radical (unpaired) electrons. The molecule has 1 aromatic rings. The Balaban J connectivity index is 1.94. The van der Waals surface area contributed by atoms with Gasteiger partial charge in [0.25, 0.3) is 0 Å². The topological polar surface area (TPSA) is 41.9 Å². The first-order chi connectivity index (χ1) is 14.3. The highest BCUT2D eigenvalue weighted by Crippen LogP contribution is 2.62. The molecule has 4 aliphatic rings. The van der Waals surface area contributed by atoms with Crippen molar-refractivity contribution in [1.82, 2.24) is 4.90 Å². The zero-order valence-corrected chi connectivity index (χ0v) is 12.0. The van der Waals surface area contributed by atoms with E-state index < -0.39 is 42.9 Å². The fourth-order valence-electron chi connectivity index (χ4n) is 4.25. The molecule has 1 aromatic carbocycles. The maximum absolute atomic E-state index is 9.32. The summed E-state index contributed by atoms with van der Waals surface area (Å²) in [5, 5.41) is 4.67. The van der Waals surface area contributed by atoms with E-state index in [2.05, 4.69) is 5.11 Å². The third-order valence-corrected chi connectivity index (χ3v) is 5.17. The van der Waals surface area contributed by atoms with E-state index in [0.717, 1.165) is 11.0 Å². The molecule has 5 rings (SSSR count). The van der Waals surface area contributed by atoms with Crippen molar-refractivity contribution >= 4 is 0 Å². The number of likely N-dealkylation sites (tertiary alicyclic amines) is 1. The number of nitrogens with zero attached hydrogens (tertiary/aromatic N) is 1. The fraction of sp³-hybridized carbons (Fsp3) is 0.556. The highest BCUT2D eigenvalue weighted by Gasteiger charge is 2.64. The van der Waals surface area contributed by atoms with Crippen LogP contribution in [0.3, 0.4) is 0 Å². The first-order valence-corrected chi connectivity index (χ1v) is 7.29. The van der Waals surface area contributed by atoms with Crippen LogP contribution >= 0.6 is 0 Å². The number of rotatable bonds is 2. The molecule has 0 amide bonds. The fourth-order valence-corrected chi connectivity index (χ4v) is 4.25. The van der Waals surface area contributed by atoms with E-state index in [9.17, 15) is 2.74 Å². The van der Waals surface area contributed by atoms with Gasteiger partial charge in [0.15, 0.2) is 11.5 Å². The monoisotopic (exact) mass is 308 g/mol. The van der Waals surface area contributed by atoms with Crippen molar-refractivity contribution in [2.45, 2.75) is 36.4 Å². The predicted molar refractivity (Wildman–Crippen MR) is 82.5 cm³/mol. The number of aliphatic hydroxyl groups is 1. The second-order valence-electron chi connectivity index (χ2n) is 6.03. The van der Waals surface area contributed by atoms with Gasteiger partial charge in [-0.2, -0.15) is 0 Å². The van der Waals surface area contributed by atoms with Gasteiger partial charge in [0.1, 0.15) is 12.2 Å². The Morgan fingerprint density at radius 2 is 2.55 bits per heavy atom. The van der Waals surface area contributed by atoms with Crippen LogP contribution in [0.25, 0.3) is 0 Å². The molecule has 0 saturated carbocycles. The van der Waals surface area contributed by atoms with Gasteiger partial charge in [0.05, 0.1) is 9.85 Å². The molecule has 0 aromatic heterocycles. The molecule has 22 heavy (non-hydrogen) atoms. The Morgan fingerprint density at radius 3 is 3.36 bits per heavy atom. The smallest absolute Gasteiger partial charge is 0.211 e. The van der Waals surface area contributed by atoms with Crippen molar-refractivity contribution in [3.05, 3.63) is 35.4 Å². The van der Waals surface area contributed by atoms with Gasteiger partial charge in [-0.3, -0.25) is 0 Å². The van der Waals surface area contributed by atoms with E-state index >= 15 is 0 Å². The Kier molecular flexibility index (Phi) is 1.28. The van der Waals surface area contributed by atoms with E-state index in [1.54, 1.807) is 0 Å². The minimum absolute atomic E-state index is 0.00222. The summed E-state index contributed by atoms with van der Waals surface area (Å²) in [5.41, 5.74) is -1.16. The number of benzene rings is 1. The summed E-state index contributed by atoms with van der Waals surface area (Å²) in [7, 11) is 1.39. The van der Waals surface area contributed by atoms with Gasteiger partial charge in [0.2, 0.25) is 1.43 Å². The number of hydrogen-bond donors (Lipinski definition) is 1. The van der Waals surface area contributed by atoms with Gasteiger partial charge in [-0.25, -0.2) is 0 Å². The Morgan fingerprint density at radius 1 is 1.59 bits per heavy atom. The van der Waals surface area contributed by atoms with E-state index in [4.69, 9.17) is 19.1 Å². The lowest BCUT2D eigenvalue weighted by Gasteiger charge is -2.56. The molecular weight excluding hydrogens is 278 g/mol. The first kappa shape index (κ1) is 6.93. The summed E-state index contributed by atoms with van der Waals surface area (Å²) < 4.78 is 88.1. The normalized spacial score (nSPS) is 59.9. The summed E-state index contributed by atoms with van der Waals surface area (Å²) in [5.74, 6) is -0.853. The molecule has 1 N–H and O–H groups in total. The lowest BCUT2D eigenvalue weighted by molar-refractivity contribution is -0.0453. The zero-order valence-electron chi connectivity index (χ0n) is 21.0. The first-order valence-electron chi connectivity index (χ1n) is 11.7. The van der Waals surface area contributed by atoms with Crippen LogP contribution in [0.5, 0.6) is 11.5 Å². The van der Waals surface area contributed by atoms with Crippen LogP contribution in [0.15, 0.2) is 24.3 Å². The van der Waals surface area contributed by atoms with Gasteiger partial charge in [0, 0.05) is 31.1 Å². The van der Waals surface area contributed by atoms with E-state index in [0.29, 0.717) is 5.56 Å². The third kappa shape index (κ3) is 1.28. The van der Waals surface area contributed by atoms with Gasteiger partial charge in [-0.15, -0.1) is 0 Å². The highest BCUT2D eigenvalue weighted by molar-refractivity contribution is 5.62. The van der Waals surface area contributed by atoms with Crippen molar-refractivity contribution in [2.24, 2.45) is 5.92 Å². The summed E-state index contributed by atoms with van der Waals surface area (Å²) in [4.78, 5) is 0.865. The molecule has 2 unspecified atom stereocenters. The molecule has 1 fully saturated rings. The Labute approximate surface area is 143 Å². The molecule has 2 bridgehead atoms. The molecule has 4 nitrogen and oxygen atoms in total. The average molecular weight is 308 g/mol. The molecule has 2 aliphatic heterocycles. The van der Waals surface area contributed by atoms with Crippen LogP contribution in [-0.2, 0) is 11.8 Å². The summed E-state index contributed by atoms with van der Waals surface area (Å²) in [6.07, 6.45) is -4.57. The van der Waals surface area contributed by atoms with Crippen LogP contribution in [0.2, 0.25) is 0 Å². The molecule has 2 aliphatic carbocycles. The number of methoxy groups -OCH3 is 1. The second-order valence-corrected chi connectivity index (χ2v) is 6.03. The van der Waals surface area contributed by atoms with Crippen LogP contribution in [0.4, 0.5) is 0 Å². The molecule has 1 spiro atoms. The van der Waals surface area contributed by atoms with Gasteiger partial charge in [-0.05, 0) is 37.9 Å². The summed E-state index contributed by atoms with van der Waals surface area (Å²) >= 11 is 0. The largest absolute Gasteiger partial charge is 0.493 e. The third-order valence-electron chi connectivity index (χ3n) is 5.17. The molecule has 5 atom stereocenters. The zero-order chi connectivity index (χ0) is 22.8. The van der Waals surface area contributed by atoms with E-state index in [1.807, 2.05) is 0 Å². The van der Waals surface area contributed by atoms with Crippen molar-refractivity contribution in [3.8, 4) is 11.5 Å². The molecule has 4 heteroatoms. The second kappa shape index (κ2) is 4.06. The predicted octanol–water partition coefficient (Wildman–Crippen LogP) is 1.50. The van der Waals surface area contributed by atoms with Crippen molar-refractivity contribution in [2.75, 3.05) is 20.6 Å². The lowest BCUT2D eigenvalue weighted by atomic mass is 9.53. The molecule has 1 saturated heterocycles. The number of likely N-dealkylation sites (N-methyl/N-ethyl adjacent to an activating group) is 1. The van der Waals surface area contributed by atoms with Crippen molar-refractivity contribution in [3.63, 3.8) is 0 Å². The number of piperidine rings is 1. The summed E-state index contributed by atoms with van der Waals surface area (Å²) in [6, 6.07) is 0.556. The van der Waals surface area contributed by atoms with Crippen LogP contribution in [-0.4, -0.2) is 50.2 Å². The molecular formula is C18H21NO3. The maximum atomic E-state index is 9.32. The van der Waals surface area contributed by atoms with Crippen LogP contribution in [0.1, 0.15) is 28.5 Å². The average Bonchev–Trinajstić information content (AvgIpc) is 2.96. The van der Waals surface area contributed by atoms with Crippen molar-refractivity contribution in [1.29, 1.82) is 1.43 Å². The summed E-state index contributed by atoms with van der Waals surface area (Å²) in [6.45, 7) is -2.99. The Bertz CT molecular complexity index is 1020. The standard InChI is InChI=1S/C18H21NO3/c1-19-8-7-18-11-4-5-13(20)17(18)22-16-14(21-2)6-3-10(15(16)18)9-12(11)19/h3-6,11-13,17,20H,7-9H2,1-2H3/t11-,12+,13?,17?,18-/m0/s1/i1D3,9D2,12D,13D,17D,20D. The highest BCUT2D eigenvalue weighted by atomic mass is 16.5. The van der Waals surface area contributed by atoms with Crippen molar-refractivity contribution < 1.29 is 25.5 Å². The lowest BCUT2D eigenvalue weighted by Crippen LogP contribution is -2.64. The van der Waals surface area contributed by atoms with Gasteiger partial charge in [-0.1, -0.05) is 18.2 Å². The maximum Gasteiger partial charge on any atom is 0.211 e. The van der Waals surface area contributed by atoms with Gasteiger partial charge >= 0.3 is 0 Å². The number of ether oxygens (including phenoxy) is 2. The SMILES string of the molecule is [2H]OC1([2H])C=C[C@@H]2[C@@]34CCN(C([2H])([2H])[2H])[C@]2([2H])C([2H])([2H])c2ccc(OC)c(c23)OC14[2H]. The van der Waals surface area contributed by atoms with Gasteiger partial charge < -0.3 is 19.5 Å². The minimum atomic E-state index is -2.76. The Hall–Kier alpha value is -1.52. The molecule has 116 valence electrons. The number of hydrogen-bond acceptors (Lipinski definition) is 4. The van der Waals surface area contributed by atoms with Crippen LogP contribution < -0.4 is 9.47 Å². The minimum Gasteiger partial charge on any atom is -0.493 e. The van der Waals surface area contributed by atoms with E-state index in [1.165, 1.54) is 25.3 Å². The van der Waals surface area contributed by atoms with Crippen LogP contribution in [0, 0.1) is 5.92 Å². The molecule has 2 heterocycles. The quantitative estimate of drug-likeness (QED) is 0.841. The van der Waals surface area contributed by atoms with E-state index in [-0.39, 0.29) is 30.0 Å².